The van der Waals surface area contributed by atoms with Gasteiger partial charge >= 0.3 is 0 Å². The first-order valence-electron chi connectivity index (χ1n) is 1.90. The Morgan fingerprint density at radius 1 is 1.67 bits per heavy atom. The molecule has 0 aliphatic carbocycles. The average Bonchev–Trinajstić information content (AvgIpc) is 1.35. The van der Waals surface area contributed by atoms with Gasteiger partial charge in [-0.2, -0.15) is 0 Å². The highest BCUT2D eigenvalue weighted by Gasteiger charge is 1.80. The fourth-order valence-corrected chi connectivity index (χ4v) is 0.354. The molecular weight excluding hydrogens is 94.1 g/mol. The Morgan fingerprint density at radius 3 is 2.17 bits per heavy atom. The zero-order chi connectivity index (χ0) is 4.99. The molecule has 0 aromatic carbocycles. The maximum atomic E-state index is 4.37. The average molecular weight is 102 g/mol. The lowest BCUT2D eigenvalue weighted by Crippen LogP contribution is -2.18. The van der Waals surface area contributed by atoms with E-state index in [-0.39, 0.29) is 0 Å². The molecule has 0 saturated heterocycles. The monoisotopic (exact) mass is 102 g/mol. The van der Waals surface area contributed by atoms with Crippen LogP contribution in [0, 0.1) is 0 Å². The number of hydrogen-bond donors (Lipinski definition) is 1. The van der Waals surface area contributed by atoms with Gasteiger partial charge in [-0.25, -0.2) is 0 Å². The maximum absolute atomic E-state index is 4.37. The predicted molar refractivity (Wildman–Crippen MR) is 30.9 cm³/mol. The summed E-state index contributed by atoms with van der Waals surface area (Å²) in [4.78, 5) is 0. The van der Waals surface area contributed by atoms with Crippen LogP contribution in [0.3, 0.4) is 0 Å². The number of nitrogens with one attached hydrogen (secondary N) is 1. The molecule has 1 nitrogen and oxygen atoms in total. The van der Waals surface area contributed by atoms with E-state index in [0.717, 1.165) is 0 Å². The summed E-state index contributed by atoms with van der Waals surface area (Å²) in [5.41, 5.74) is 2.40. The summed E-state index contributed by atoms with van der Waals surface area (Å²) >= 11 is 4.37. The van der Waals surface area contributed by atoms with Crippen LogP contribution in [0.15, 0.2) is 0 Å². The third-order valence-electron chi connectivity index (χ3n) is 0.348. The van der Waals surface area contributed by atoms with E-state index in [2.05, 4.69) is 23.0 Å². The van der Waals surface area contributed by atoms with Crippen molar-refractivity contribution >= 4 is 17.7 Å². The third-order valence-corrected chi connectivity index (χ3v) is 0.465. The molecule has 1 radical (unpaired) electrons. The van der Waals surface area contributed by atoms with Gasteiger partial charge in [0.05, 0.1) is 0 Å². The molecule has 0 aliphatic rings. The zero-order valence-corrected chi connectivity index (χ0v) is 4.80. The van der Waals surface area contributed by atoms with Crippen molar-refractivity contribution in [2.24, 2.45) is 0 Å². The van der Waals surface area contributed by atoms with Crippen molar-refractivity contribution in [2.45, 2.75) is 19.9 Å². The van der Waals surface area contributed by atoms with Crippen molar-refractivity contribution in [1.29, 1.82) is 0 Å². The van der Waals surface area contributed by atoms with Gasteiger partial charge in [0.25, 0.3) is 0 Å². The Hall–Kier alpha value is -0.110. The molecule has 0 spiro atoms. The van der Waals surface area contributed by atoms with Crippen molar-refractivity contribution in [3.63, 3.8) is 0 Å². The molecule has 35 valence electrons. The van der Waals surface area contributed by atoms with E-state index in [1.54, 1.807) is 0 Å². The Labute approximate surface area is 43.7 Å². The minimum absolute atomic E-state index is 0.433. The summed E-state index contributed by atoms with van der Waals surface area (Å²) in [7, 11) is 0. The summed E-state index contributed by atoms with van der Waals surface area (Å²) in [6.45, 7) is 4.03. The SMILES string of the molecule is CC(C)N[C]=S. The van der Waals surface area contributed by atoms with Crippen molar-refractivity contribution in [3.8, 4) is 0 Å². The van der Waals surface area contributed by atoms with Gasteiger partial charge < -0.3 is 5.32 Å². The van der Waals surface area contributed by atoms with Crippen molar-refractivity contribution in [2.75, 3.05) is 0 Å². The summed E-state index contributed by atoms with van der Waals surface area (Å²) < 4.78 is 0. The molecule has 2 heteroatoms. The van der Waals surface area contributed by atoms with E-state index in [1.165, 1.54) is 0 Å². The topological polar surface area (TPSA) is 12.0 Å². The fraction of sp³-hybridized carbons (Fsp3) is 0.750. The van der Waals surface area contributed by atoms with Gasteiger partial charge in [0.2, 0.25) is 0 Å². The van der Waals surface area contributed by atoms with Gasteiger partial charge in [-0.3, -0.25) is 0 Å². The van der Waals surface area contributed by atoms with Crippen molar-refractivity contribution in [3.05, 3.63) is 0 Å². The second-order valence-corrected chi connectivity index (χ2v) is 1.61. The third kappa shape index (κ3) is 3.89. The molecule has 1 N–H and O–H groups in total. The van der Waals surface area contributed by atoms with Crippen LogP contribution in [-0.4, -0.2) is 11.5 Å². The number of thiocarbonyl (C=S) groups is 1. The standard InChI is InChI=1S/C4H8NS/c1-4(2)5-3-6/h4H,1-2H3,(H,5,6). The van der Waals surface area contributed by atoms with Crippen LogP contribution in [0.2, 0.25) is 0 Å². The van der Waals surface area contributed by atoms with Crippen LogP contribution in [-0.2, 0) is 0 Å². The maximum Gasteiger partial charge on any atom is 0.134 e. The van der Waals surface area contributed by atoms with Gasteiger partial charge in [-0.15, -0.1) is 0 Å². The highest BCUT2D eigenvalue weighted by molar-refractivity contribution is 7.78. The van der Waals surface area contributed by atoms with Gasteiger partial charge in [-0.1, -0.05) is 12.2 Å². The lowest BCUT2D eigenvalue weighted by Gasteiger charge is -1.97. The van der Waals surface area contributed by atoms with E-state index < -0.39 is 0 Å². The van der Waals surface area contributed by atoms with Crippen molar-refractivity contribution < 1.29 is 0 Å². The van der Waals surface area contributed by atoms with Crippen LogP contribution < -0.4 is 5.32 Å². The zero-order valence-electron chi connectivity index (χ0n) is 3.99. The summed E-state index contributed by atoms with van der Waals surface area (Å²) in [6.07, 6.45) is 0. The molecule has 0 saturated carbocycles. The Kier molecular flexibility index (Phi) is 3.04. The lowest BCUT2D eigenvalue weighted by atomic mass is 10.4. The molecule has 0 rings (SSSR count). The molecule has 0 amide bonds. The number of hydrogen-bond acceptors (Lipinski definition) is 1. The van der Waals surface area contributed by atoms with E-state index in [4.69, 9.17) is 0 Å². The first-order chi connectivity index (χ1) is 2.77. The molecule has 0 bridgehead atoms. The van der Waals surface area contributed by atoms with E-state index in [1.807, 2.05) is 13.8 Å². The van der Waals surface area contributed by atoms with Crippen LogP contribution in [0.5, 0.6) is 0 Å². The first kappa shape index (κ1) is 5.89. The van der Waals surface area contributed by atoms with Crippen LogP contribution in [0.1, 0.15) is 13.8 Å². The highest BCUT2D eigenvalue weighted by Crippen LogP contribution is 1.68. The van der Waals surface area contributed by atoms with Gasteiger partial charge in [0.1, 0.15) is 5.49 Å². The minimum atomic E-state index is 0.433. The first-order valence-corrected chi connectivity index (χ1v) is 2.31. The molecule has 0 fully saturated rings. The Morgan fingerprint density at radius 2 is 2.17 bits per heavy atom. The molecule has 0 aromatic heterocycles. The van der Waals surface area contributed by atoms with Gasteiger partial charge in [0.15, 0.2) is 0 Å². The smallest absolute Gasteiger partial charge is 0.134 e. The van der Waals surface area contributed by atoms with Crippen molar-refractivity contribution in [1.82, 2.24) is 5.32 Å². The molecule has 0 unspecified atom stereocenters. The molecule has 0 aromatic rings. The molecule has 0 heterocycles. The predicted octanol–water partition coefficient (Wildman–Crippen LogP) is 0.819. The second kappa shape index (κ2) is 3.09. The minimum Gasteiger partial charge on any atom is -0.372 e. The second-order valence-electron chi connectivity index (χ2n) is 1.40. The van der Waals surface area contributed by atoms with Crippen LogP contribution >= 0.6 is 12.2 Å². The lowest BCUT2D eigenvalue weighted by molar-refractivity contribution is 0.749. The quantitative estimate of drug-likeness (QED) is 0.409. The normalized spacial score (nSPS) is 8.50. The summed E-state index contributed by atoms with van der Waals surface area (Å²) in [6, 6.07) is 0.433. The fourth-order valence-electron chi connectivity index (χ4n) is 0.118. The summed E-state index contributed by atoms with van der Waals surface area (Å²) in [5.74, 6) is 0. The molecule has 0 aliphatic heterocycles. The van der Waals surface area contributed by atoms with Gasteiger partial charge in [0, 0.05) is 6.04 Å². The summed E-state index contributed by atoms with van der Waals surface area (Å²) in [5, 5.41) is 2.77. The van der Waals surface area contributed by atoms with Crippen LogP contribution in [0.25, 0.3) is 0 Å². The highest BCUT2D eigenvalue weighted by atomic mass is 32.1. The largest absolute Gasteiger partial charge is 0.372 e. The Bertz CT molecular complexity index is 42.8. The number of rotatable bonds is 2. The Balaban J connectivity index is 2.81. The molecule has 6 heavy (non-hydrogen) atoms. The molecule has 0 atom stereocenters. The van der Waals surface area contributed by atoms with E-state index in [9.17, 15) is 0 Å². The molecular formula is C4H8NS. The van der Waals surface area contributed by atoms with Crippen LogP contribution in [0.4, 0.5) is 0 Å². The van der Waals surface area contributed by atoms with Gasteiger partial charge in [-0.05, 0) is 13.8 Å². The van der Waals surface area contributed by atoms with E-state index >= 15 is 0 Å². The van der Waals surface area contributed by atoms with E-state index in [0.29, 0.717) is 6.04 Å².